The van der Waals surface area contributed by atoms with Crippen LogP contribution in [-0.2, 0) is 28.6 Å². The monoisotopic (exact) mass is 760 g/mol. The second-order valence-electron chi connectivity index (χ2n) is 11.9. The van der Waals surface area contributed by atoms with Crippen molar-refractivity contribution in [2.24, 2.45) is 5.18 Å². The largest absolute Gasteiger partial charge is 0.507 e. The molecule has 1 heterocycles. The van der Waals surface area contributed by atoms with E-state index in [2.05, 4.69) is 20.1 Å². The summed E-state index contributed by atoms with van der Waals surface area (Å²) in [6.07, 6.45) is 0.0149. The molecule has 4 aromatic rings. The molecule has 0 radical (unpaired) electrons. The molecule has 1 aromatic heterocycles. The minimum absolute atomic E-state index is 0.000301. The van der Waals surface area contributed by atoms with Gasteiger partial charge in [0, 0.05) is 22.3 Å². The van der Waals surface area contributed by atoms with Crippen LogP contribution in [0, 0.1) is 25.7 Å². The lowest BCUT2D eigenvalue weighted by atomic mass is 10.0. The van der Waals surface area contributed by atoms with Gasteiger partial charge in [-0.25, -0.2) is 15.0 Å². The first kappa shape index (κ1) is 41.4. The zero-order valence-electron chi connectivity index (χ0n) is 31.6. The highest BCUT2D eigenvalue weighted by Gasteiger charge is 2.23. The molecule has 0 aliphatic carbocycles. The molecule has 0 amide bonds. The number of hydrogen-bond donors (Lipinski definition) is 2. The SMILES string of the molecule is CCOC(=O)CCOc1ccc(-c2nc(-c3ccc(OCCC(=O)OCC)c(C)c3O)nc(-c3ccc(OCCC(=O)OCC)c(C)c3N=O)n2)c(O)c1C. The fourth-order valence-electron chi connectivity index (χ4n) is 5.34. The van der Waals surface area contributed by atoms with Crippen molar-refractivity contribution in [2.75, 3.05) is 39.6 Å². The van der Waals surface area contributed by atoms with E-state index in [0.717, 1.165) is 0 Å². The molecule has 4 rings (SSSR count). The van der Waals surface area contributed by atoms with Crippen molar-refractivity contribution in [1.82, 2.24) is 15.0 Å². The summed E-state index contributed by atoms with van der Waals surface area (Å²) in [7, 11) is 0. The molecule has 3 aromatic carbocycles. The molecule has 0 saturated carbocycles. The van der Waals surface area contributed by atoms with E-state index in [1.54, 1.807) is 59.7 Å². The normalized spacial score (nSPS) is 10.7. The molecule has 0 spiro atoms. The first-order valence-electron chi connectivity index (χ1n) is 17.7. The van der Waals surface area contributed by atoms with Gasteiger partial charge in [-0.3, -0.25) is 14.4 Å². The highest BCUT2D eigenvalue weighted by Crippen LogP contribution is 2.42. The maximum Gasteiger partial charge on any atom is 0.309 e. The summed E-state index contributed by atoms with van der Waals surface area (Å²) in [4.78, 5) is 61.6. The van der Waals surface area contributed by atoms with Crippen LogP contribution in [0.15, 0.2) is 41.6 Å². The van der Waals surface area contributed by atoms with Gasteiger partial charge in [0.15, 0.2) is 17.5 Å². The Balaban J connectivity index is 1.79. The Bertz CT molecular complexity index is 1940. The van der Waals surface area contributed by atoms with Crippen LogP contribution in [0.5, 0.6) is 28.7 Å². The average molecular weight is 761 g/mol. The number of rotatable bonds is 19. The van der Waals surface area contributed by atoms with Gasteiger partial charge in [0.25, 0.3) is 0 Å². The number of esters is 3. The van der Waals surface area contributed by atoms with Gasteiger partial charge in [-0.1, -0.05) is 0 Å². The van der Waals surface area contributed by atoms with Crippen LogP contribution in [0.3, 0.4) is 0 Å². The molecule has 55 heavy (non-hydrogen) atoms. The number of hydrogen-bond acceptors (Lipinski definition) is 16. The van der Waals surface area contributed by atoms with Crippen LogP contribution in [0.25, 0.3) is 34.2 Å². The van der Waals surface area contributed by atoms with Gasteiger partial charge in [0.2, 0.25) is 0 Å². The minimum Gasteiger partial charge on any atom is -0.507 e. The Morgan fingerprint density at radius 2 is 0.873 bits per heavy atom. The van der Waals surface area contributed by atoms with Gasteiger partial charge >= 0.3 is 17.9 Å². The summed E-state index contributed by atoms with van der Waals surface area (Å²) >= 11 is 0. The van der Waals surface area contributed by atoms with Crippen molar-refractivity contribution in [3.63, 3.8) is 0 Å². The van der Waals surface area contributed by atoms with Crippen LogP contribution in [0.2, 0.25) is 0 Å². The lowest BCUT2D eigenvalue weighted by Gasteiger charge is -2.16. The number of nitroso groups, excluding NO2 is 1. The van der Waals surface area contributed by atoms with Gasteiger partial charge < -0.3 is 38.6 Å². The molecule has 0 fully saturated rings. The van der Waals surface area contributed by atoms with E-state index in [0.29, 0.717) is 33.9 Å². The zero-order chi connectivity index (χ0) is 40.1. The molecular formula is C39H44N4O12. The number of phenols is 2. The molecule has 16 heteroatoms. The molecule has 0 saturated heterocycles. The Labute approximate surface area is 317 Å². The number of carbonyl (C=O) groups is 3. The van der Waals surface area contributed by atoms with E-state index in [1.807, 2.05) is 0 Å². The summed E-state index contributed by atoms with van der Waals surface area (Å²) in [5.41, 5.74) is 1.52. The second kappa shape index (κ2) is 19.7. The average Bonchev–Trinajstić information content (AvgIpc) is 3.16. The Hall–Kier alpha value is -6.32. The number of carbonyl (C=O) groups excluding carboxylic acids is 3. The summed E-state index contributed by atoms with van der Waals surface area (Å²) in [5.74, 6) is -0.846. The van der Waals surface area contributed by atoms with Crippen LogP contribution in [-0.4, -0.2) is 82.7 Å². The van der Waals surface area contributed by atoms with Crippen LogP contribution < -0.4 is 14.2 Å². The number of benzene rings is 3. The Morgan fingerprint density at radius 1 is 0.545 bits per heavy atom. The summed E-state index contributed by atoms with van der Waals surface area (Å²) in [6, 6.07) is 9.36. The molecule has 0 aliphatic heterocycles. The van der Waals surface area contributed by atoms with Gasteiger partial charge in [-0.05, 0) is 83.1 Å². The predicted molar refractivity (Wildman–Crippen MR) is 199 cm³/mol. The smallest absolute Gasteiger partial charge is 0.309 e. The highest BCUT2D eigenvalue weighted by molar-refractivity contribution is 5.80. The van der Waals surface area contributed by atoms with E-state index >= 15 is 0 Å². The topological polar surface area (TPSA) is 215 Å². The van der Waals surface area contributed by atoms with Crippen molar-refractivity contribution in [3.8, 4) is 62.9 Å². The number of nitrogens with zero attached hydrogens (tertiary/aromatic N) is 4. The fourth-order valence-corrected chi connectivity index (χ4v) is 5.34. The molecule has 2 N–H and O–H groups in total. The van der Waals surface area contributed by atoms with Crippen molar-refractivity contribution < 1.29 is 53.0 Å². The fraction of sp³-hybridized carbons (Fsp3) is 0.385. The number of phenolic OH excluding ortho intramolecular Hbond substituents is 2. The van der Waals surface area contributed by atoms with Crippen molar-refractivity contribution in [2.45, 2.75) is 60.8 Å². The van der Waals surface area contributed by atoms with Crippen LogP contribution >= 0.6 is 0 Å². The summed E-state index contributed by atoms with van der Waals surface area (Å²) in [5, 5.41) is 26.0. The molecule has 0 unspecified atom stereocenters. The number of aromatic nitrogens is 3. The third-order valence-corrected chi connectivity index (χ3v) is 8.20. The second-order valence-corrected chi connectivity index (χ2v) is 11.9. The maximum absolute atomic E-state index is 12.3. The predicted octanol–water partition coefficient (Wildman–Crippen LogP) is 6.60. The highest BCUT2D eigenvalue weighted by atomic mass is 16.5. The van der Waals surface area contributed by atoms with E-state index in [9.17, 15) is 29.5 Å². The van der Waals surface area contributed by atoms with Gasteiger partial charge in [0.1, 0.15) is 34.4 Å². The van der Waals surface area contributed by atoms with Crippen molar-refractivity contribution in [1.29, 1.82) is 0 Å². The first-order valence-corrected chi connectivity index (χ1v) is 17.7. The quantitative estimate of drug-likeness (QED) is 0.0585. The maximum atomic E-state index is 12.3. The molecule has 0 bridgehead atoms. The van der Waals surface area contributed by atoms with Crippen molar-refractivity contribution >= 4 is 23.6 Å². The first-order chi connectivity index (χ1) is 26.4. The van der Waals surface area contributed by atoms with Gasteiger partial charge in [-0.15, -0.1) is 4.91 Å². The molecule has 0 aliphatic rings. The lowest BCUT2D eigenvalue weighted by Crippen LogP contribution is -2.10. The lowest BCUT2D eigenvalue weighted by molar-refractivity contribution is -0.144. The number of aromatic hydroxyl groups is 2. The van der Waals surface area contributed by atoms with Crippen LogP contribution in [0.1, 0.15) is 56.7 Å². The van der Waals surface area contributed by atoms with Crippen LogP contribution in [0.4, 0.5) is 5.69 Å². The molecule has 16 nitrogen and oxygen atoms in total. The molecular weight excluding hydrogens is 716 g/mol. The Kier molecular flexibility index (Phi) is 14.8. The van der Waals surface area contributed by atoms with Gasteiger partial charge in [-0.2, -0.15) is 0 Å². The zero-order valence-corrected chi connectivity index (χ0v) is 31.6. The summed E-state index contributed by atoms with van der Waals surface area (Å²) in [6.45, 7) is 10.7. The third kappa shape index (κ3) is 10.4. The summed E-state index contributed by atoms with van der Waals surface area (Å²) < 4.78 is 32.1. The molecule has 292 valence electrons. The molecule has 0 atom stereocenters. The minimum atomic E-state index is -0.430. The van der Waals surface area contributed by atoms with E-state index in [1.165, 1.54) is 18.2 Å². The standard InChI is InChI=1S/C39H44N4O12/c1-7-50-31(44)16-19-53-28-13-10-25(34(43-49)22(28)4)37-40-38(26-11-14-29(23(5)35(26)47)54-20-17-32(45)51-8-2)42-39(41-37)27-12-15-30(24(6)36(27)48)55-21-18-33(46)52-9-3/h10-15,47-48H,7-9,16-21H2,1-6H3. The number of ether oxygens (including phenoxy) is 6. The van der Waals surface area contributed by atoms with E-state index < -0.39 is 17.9 Å². The Morgan fingerprint density at radius 3 is 1.22 bits per heavy atom. The van der Waals surface area contributed by atoms with Crippen molar-refractivity contribution in [3.05, 3.63) is 58.0 Å². The third-order valence-electron chi connectivity index (χ3n) is 8.20. The van der Waals surface area contributed by atoms with E-state index in [4.69, 9.17) is 28.4 Å². The van der Waals surface area contributed by atoms with E-state index in [-0.39, 0.29) is 110 Å². The van der Waals surface area contributed by atoms with Gasteiger partial charge in [0.05, 0.1) is 70.0 Å².